The van der Waals surface area contributed by atoms with Gasteiger partial charge in [0, 0.05) is 5.69 Å². The zero-order valence-electron chi connectivity index (χ0n) is 9.81. The molecule has 0 spiro atoms. The third-order valence-corrected chi connectivity index (χ3v) is 2.64. The quantitative estimate of drug-likeness (QED) is 0.653. The molecule has 0 unspecified atom stereocenters. The number of nitrogen functional groups attached to an aromatic ring is 1. The summed E-state index contributed by atoms with van der Waals surface area (Å²) < 4.78 is 17.5. The number of hydrogen-bond donors (Lipinski definition) is 1. The second-order valence-corrected chi connectivity index (χ2v) is 3.80. The van der Waals surface area contributed by atoms with Crippen molar-refractivity contribution in [1.82, 2.24) is 0 Å². The van der Waals surface area contributed by atoms with Crippen LogP contribution < -0.4 is 5.73 Å². The predicted octanol–water partition coefficient (Wildman–Crippen LogP) is 2.86. The highest BCUT2D eigenvalue weighted by Gasteiger charge is 2.11. The third-order valence-electron chi connectivity index (χ3n) is 2.64. The van der Waals surface area contributed by atoms with Crippen LogP contribution in [0.4, 0.5) is 10.1 Å². The first-order chi connectivity index (χ1) is 8.61. The maximum atomic E-state index is 12.8. The van der Waals surface area contributed by atoms with Gasteiger partial charge in [0.1, 0.15) is 5.82 Å². The van der Waals surface area contributed by atoms with E-state index in [1.165, 1.54) is 19.2 Å². The topological polar surface area (TPSA) is 52.3 Å². The van der Waals surface area contributed by atoms with Gasteiger partial charge in [-0.3, -0.25) is 0 Å². The van der Waals surface area contributed by atoms with Gasteiger partial charge in [0.15, 0.2) is 0 Å². The van der Waals surface area contributed by atoms with Gasteiger partial charge in [-0.1, -0.05) is 18.2 Å². The van der Waals surface area contributed by atoms with Crippen molar-refractivity contribution in [2.45, 2.75) is 0 Å². The minimum atomic E-state index is -0.489. The second-order valence-electron chi connectivity index (χ2n) is 3.80. The Morgan fingerprint density at radius 2 is 1.72 bits per heavy atom. The summed E-state index contributed by atoms with van der Waals surface area (Å²) in [6.07, 6.45) is 0. The van der Waals surface area contributed by atoms with Crippen LogP contribution in [-0.4, -0.2) is 13.1 Å². The number of rotatable bonds is 2. The van der Waals surface area contributed by atoms with Crippen LogP contribution in [0.25, 0.3) is 11.1 Å². The number of carbonyl (C=O) groups excluding carboxylic acids is 1. The van der Waals surface area contributed by atoms with Gasteiger partial charge >= 0.3 is 5.97 Å². The largest absolute Gasteiger partial charge is 0.465 e. The molecule has 0 saturated heterocycles. The van der Waals surface area contributed by atoms with E-state index in [4.69, 9.17) is 5.73 Å². The molecular formula is C14H12FNO2. The van der Waals surface area contributed by atoms with E-state index in [9.17, 15) is 9.18 Å². The lowest BCUT2D eigenvalue weighted by Crippen LogP contribution is -2.05. The van der Waals surface area contributed by atoms with Gasteiger partial charge in [0.25, 0.3) is 0 Å². The van der Waals surface area contributed by atoms with Crippen molar-refractivity contribution in [3.63, 3.8) is 0 Å². The summed E-state index contributed by atoms with van der Waals surface area (Å²) in [5.41, 5.74) is 7.96. The van der Waals surface area contributed by atoms with E-state index in [1.807, 2.05) is 0 Å². The van der Waals surface area contributed by atoms with Crippen molar-refractivity contribution in [3.05, 3.63) is 53.8 Å². The lowest BCUT2D eigenvalue weighted by atomic mass is 10.0. The molecule has 0 aliphatic carbocycles. The fraction of sp³-hybridized carbons (Fsp3) is 0.0714. The molecule has 0 aromatic heterocycles. The van der Waals surface area contributed by atoms with Gasteiger partial charge in [-0.05, 0) is 35.4 Å². The molecule has 0 atom stereocenters. The van der Waals surface area contributed by atoms with Crippen LogP contribution in [0.2, 0.25) is 0 Å². The average molecular weight is 245 g/mol. The number of esters is 1. The van der Waals surface area contributed by atoms with Crippen molar-refractivity contribution >= 4 is 11.7 Å². The SMILES string of the molecule is COC(=O)c1cc(-c2ccc(F)cc2)ccc1N. The molecule has 92 valence electrons. The molecule has 0 saturated carbocycles. The first-order valence-corrected chi connectivity index (χ1v) is 5.35. The van der Waals surface area contributed by atoms with E-state index in [0.717, 1.165) is 11.1 Å². The van der Waals surface area contributed by atoms with Crippen molar-refractivity contribution in [3.8, 4) is 11.1 Å². The summed E-state index contributed by atoms with van der Waals surface area (Å²) in [4.78, 5) is 11.5. The average Bonchev–Trinajstić information content (AvgIpc) is 2.39. The van der Waals surface area contributed by atoms with Crippen LogP contribution >= 0.6 is 0 Å². The van der Waals surface area contributed by atoms with E-state index in [1.54, 1.807) is 30.3 Å². The van der Waals surface area contributed by atoms with Crippen LogP contribution in [0.1, 0.15) is 10.4 Å². The summed E-state index contributed by atoms with van der Waals surface area (Å²) in [5.74, 6) is -0.793. The normalized spacial score (nSPS) is 10.1. The van der Waals surface area contributed by atoms with E-state index in [-0.39, 0.29) is 5.82 Å². The molecule has 0 aliphatic heterocycles. The van der Waals surface area contributed by atoms with E-state index < -0.39 is 5.97 Å². The molecule has 0 radical (unpaired) electrons. The van der Waals surface area contributed by atoms with Crippen molar-refractivity contribution in [2.24, 2.45) is 0 Å². The molecule has 2 aromatic carbocycles. The third kappa shape index (κ3) is 2.32. The molecule has 0 amide bonds. The summed E-state index contributed by atoms with van der Waals surface area (Å²) in [6, 6.07) is 11.0. The van der Waals surface area contributed by atoms with Crippen LogP contribution in [0.5, 0.6) is 0 Å². The number of benzene rings is 2. The Morgan fingerprint density at radius 3 is 2.33 bits per heavy atom. The molecule has 2 rings (SSSR count). The Balaban J connectivity index is 2.46. The zero-order chi connectivity index (χ0) is 13.1. The molecule has 0 fully saturated rings. The van der Waals surface area contributed by atoms with Crippen LogP contribution in [0, 0.1) is 5.82 Å². The summed E-state index contributed by atoms with van der Waals surface area (Å²) in [6.45, 7) is 0. The number of methoxy groups -OCH3 is 1. The van der Waals surface area contributed by atoms with Crippen molar-refractivity contribution in [2.75, 3.05) is 12.8 Å². The van der Waals surface area contributed by atoms with Crippen molar-refractivity contribution in [1.29, 1.82) is 0 Å². The molecule has 0 heterocycles. The van der Waals surface area contributed by atoms with Crippen molar-refractivity contribution < 1.29 is 13.9 Å². The highest BCUT2D eigenvalue weighted by atomic mass is 19.1. The molecule has 4 heteroatoms. The predicted molar refractivity (Wildman–Crippen MR) is 67.6 cm³/mol. The molecule has 18 heavy (non-hydrogen) atoms. The Kier molecular flexibility index (Phi) is 3.28. The summed E-state index contributed by atoms with van der Waals surface area (Å²) in [7, 11) is 1.30. The highest BCUT2D eigenvalue weighted by Crippen LogP contribution is 2.24. The Hall–Kier alpha value is -2.36. The molecule has 0 aliphatic rings. The van der Waals surface area contributed by atoms with Gasteiger partial charge in [-0.15, -0.1) is 0 Å². The molecule has 2 N–H and O–H groups in total. The fourth-order valence-electron chi connectivity index (χ4n) is 1.66. The Labute approximate surface area is 104 Å². The maximum absolute atomic E-state index is 12.8. The fourth-order valence-corrected chi connectivity index (χ4v) is 1.66. The van der Waals surface area contributed by atoms with Crippen LogP contribution in [0.15, 0.2) is 42.5 Å². The number of hydrogen-bond acceptors (Lipinski definition) is 3. The first kappa shape index (κ1) is 12.1. The lowest BCUT2D eigenvalue weighted by molar-refractivity contribution is 0.0602. The van der Waals surface area contributed by atoms with Gasteiger partial charge in [-0.2, -0.15) is 0 Å². The van der Waals surface area contributed by atoms with Crippen LogP contribution in [-0.2, 0) is 4.74 Å². The Morgan fingerprint density at radius 1 is 1.11 bits per heavy atom. The van der Waals surface area contributed by atoms with Crippen LogP contribution in [0.3, 0.4) is 0 Å². The van der Waals surface area contributed by atoms with E-state index >= 15 is 0 Å². The van der Waals surface area contributed by atoms with Gasteiger partial charge < -0.3 is 10.5 Å². The lowest BCUT2D eigenvalue weighted by Gasteiger charge is -2.07. The molecule has 2 aromatic rings. The first-order valence-electron chi connectivity index (χ1n) is 5.35. The van der Waals surface area contributed by atoms with Gasteiger partial charge in [-0.25, -0.2) is 9.18 Å². The Bertz CT molecular complexity index is 579. The number of anilines is 1. The smallest absolute Gasteiger partial charge is 0.339 e. The number of nitrogens with two attached hydrogens (primary N) is 1. The maximum Gasteiger partial charge on any atom is 0.339 e. The number of halogens is 1. The van der Waals surface area contributed by atoms with Gasteiger partial charge in [0.2, 0.25) is 0 Å². The molecule has 0 bridgehead atoms. The zero-order valence-corrected chi connectivity index (χ0v) is 9.81. The minimum Gasteiger partial charge on any atom is -0.465 e. The molecule has 3 nitrogen and oxygen atoms in total. The number of ether oxygens (including phenoxy) is 1. The molecular weight excluding hydrogens is 233 g/mol. The van der Waals surface area contributed by atoms with E-state index in [2.05, 4.69) is 4.74 Å². The van der Waals surface area contributed by atoms with Gasteiger partial charge in [0.05, 0.1) is 12.7 Å². The van der Waals surface area contributed by atoms with E-state index in [0.29, 0.717) is 11.3 Å². The summed E-state index contributed by atoms with van der Waals surface area (Å²) >= 11 is 0. The number of carbonyl (C=O) groups is 1. The summed E-state index contributed by atoms with van der Waals surface area (Å²) in [5, 5.41) is 0. The second kappa shape index (κ2) is 4.87. The monoisotopic (exact) mass is 245 g/mol. The minimum absolute atomic E-state index is 0.303. The standard InChI is InChI=1S/C14H12FNO2/c1-18-14(17)12-8-10(4-7-13(12)16)9-2-5-11(15)6-3-9/h2-8H,16H2,1H3. The highest BCUT2D eigenvalue weighted by molar-refractivity contribution is 5.96.